The van der Waals surface area contributed by atoms with Crippen molar-refractivity contribution >= 4 is 10.1 Å². The standard InChI is InChI=1S/C12H11F3O3S/c1-3-4-7-10-8-5-6-9(2)11(10)18-19(16,17)12(13,14)15/h1,5-6,8H,4,7H2,2H3. The molecule has 0 fully saturated rings. The average molecular weight is 292 g/mol. The fourth-order valence-electron chi connectivity index (χ4n) is 1.39. The van der Waals surface area contributed by atoms with Crippen molar-refractivity contribution in [1.82, 2.24) is 0 Å². The summed E-state index contributed by atoms with van der Waals surface area (Å²) in [5.74, 6) is 2.02. The molecule has 0 saturated heterocycles. The number of hydrogen-bond donors (Lipinski definition) is 0. The van der Waals surface area contributed by atoms with Gasteiger partial charge < -0.3 is 4.18 Å². The van der Waals surface area contributed by atoms with Gasteiger partial charge in [-0.05, 0) is 24.5 Å². The first-order valence-corrected chi connectivity index (χ1v) is 6.62. The Labute approximate surface area is 109 Å². The summed E-state index contributed by atoms with van der Waals surface area (Å²) in [5, 5.41) is 0. The third-order valence-corrected chi connectivity index (χ3v) is 3.26. The third-order valence-electron chi connectivity index (χ3n) is 2.31. The minimum Gasteiger partial charge on any atom is -0.375 e. The summed E-state index contributed by atoms with van der Waals surface area (Å²) in [6, 6.07) is 4.53. The van der Waals surface area contributed by atoms with Gasteiger partial charge in [0.25, 0.3) is 0 Å². The van der Waals surface area contributed by atoms with Crippen molar-refractivity contribution in [3.05, 3.63) is 29.3 Å². The molecule has 0 atom stereocenters. The van der Waals surface area contributed by atoms with Crippen molar-refractivity contribution in [3.8, 4) is 18.1 Å². The lowest BCUT2D eigenvalue weighted by Gasteiger charge is -2.14. The van der Waals surface area contributed by atoms with Crippen molar-refractivity contribution in [2.45, 2.75) is 25.3 Å². The van der Waals surface area contributed by atoms with Gasteiger partial charge in [-0.2, -0.15) is 21.6 Å². The van der Waals surface area contributed by atoms with E-state index in [1.54, 1.807) is 6.07 Å². The van der Waals surface area contributed by atoms with E-state index in [0.717, 1.165) is 0 Å². The number of hydrogen-bond acceptors (Lipinski definition) is 3. The van der Waals surface area contributed by atoms with Crippen molar-refractivity contribution < 1.29 is 25.8 Å². The second-order valence-corrected chi connectivity index (χ2v) is 5.29. The van der Waals surface area contributed by atoms with Crippen LogP contribution in [0.15, 0.2) is 18.2 Å². The largest absolute Gasteiger partial charge is 0.534 e. The number of terminal acetylenes is 1. The van der Waals surface area contributed by atoms with Crippen LogP contribution in [0, 0.1) is 19.3 Å². The molecular formula is C12H11F3O3S. The molecule has 7 heteroatoms. The molecule has 0 heterocycles. The molecule has 1 aromatic rings. The van der Waals surface area contributed by atoms with Gasteiger partial charge in [0.2, 0.25) is 0 Å². The van der Waals surface area contributed by atoms with Crippen molar-refractivity contribution in [3.63, 3.8) is 0 Å². The maximum Gasteiger partial charge on any atom is 0.534 e. The first-order valence-electron chi connectivity index (χ1n) is 5.21. The highest BCUT2D eigenvalue weighted by Crippen LogP contribution is 2.31. The summed E-state index contributed by atoms with van der Waals surface area (Å²) >= 11 is 0. The van der Waals surface area contributed by atoms with E-state index in [1.165, 1.54) is 19.1 Å². The van der Waals surface area contributed by atoms with E-state index in [4.69, 9.17) is 6.42 Å². The first-order chi connectivity index (χ1) is 8.69. The van der Waals surface area contributed by atoms with Gasteiger partial charge in [0, 0.05) is 6.42 Å². The Bertz CT molecular complexity index is 598. The molecular weight excluding hydrogens is 281 g/mol. The molecule has 1 rings (SSSR count). The van der Waals surface area contributed by atoms with Gasteiger partial charge in [0.05, 0.1) is 0 Å². The van der Waals surface area contributed by atoms with Gasteiger partial charge >= 0.3 is 15.6 Å². The highest BCUT2D eigenvalue weighted by molar-refractivity contribution is 7.88. The number of aryl methyl sites for hydroxylation is 2. The molecule has 0 bridgehead atoms. The van der Waals surface area contributed by atoms with Gasteiger partial charge in [0.15, 0.2) is 0 Å². The Morgan fingerprint density at radius 2 is 2.00 bits per heavy atom. The maximum absolute atomic E-state index is 12.3. The van der Waals surface area contributed by atoms with Gasteiger partial charge in [-0.1, -0.05) is 18.2 Å². The molecule has 1 aromatic carbocycles. The zero-order chi connectivity index (χ0) is 14.7. The van der Waals surface area contributed by atoms with E-state index in [1.807, 2.05) is 0 Å². The van der Waals surface area contributed by atoms with E-state index in [2.05, 4.69) is 10.1 Å². The topological polar surface area (TPSA) is 43.4 Å². The Kier molecular flexibility index (Phi) is 4.48. The predicted molar refractivity (Wildman–Crippen MR) is 63.9 cm³/mol. The summed E-state index contributed by atoms with van der Waals surface area (Å²) in [6.07, 6.45) is 5.58. The van der Waals surface area contributed by atoms with Crippen LogP contribution in [0.2, 0.25) is 0 Å². The highest BCUT2D eigenvalue weighted by Gasteiger charge is 2.48. The lowest BCUT2D eigenvalue weighted by Crippen LogP contribution is -2.28. The fraction of sp³-hybridized carbons (Fsp3) is 0.333. The number of para-hydroxylation sites is 1. The molecule has 0 radical (unpaired) electrons. The van der Waals surface area contributed by atoms with E-state index < -0.39 is 15.6 Å². The van der Waals surface area contributed by atoms with E-state index >= 15 is 0 Å². The van der Waals surface area contributed by atoms with Crippen LogP contribution < -0.4 is 4.18 Å². The third kappa shape index (κ3) is 3.64. The summed E-state index contributed by atoms with van der Waals surface area (Å²) in [7, 11) is -5.67. The van der Waals surface area contributed by atoms with E-state index in [-0.39, 0.29) is 18.6 Å². The van der Waals surface area contributed by atoms with Crippen LogP contribution in [-0.4, -0.2) is 13.9 Å². The zero-order valence-corrected chi connectivity index (χ0v) is 10.8. The Morgan fingerprint density at radius 3 is 2.53 bits per heavy atom. The smallest absolute Gasteiger partial charge is 0.375 e. The molecule has 0 aliphatic rings. The van der Waals surface area contributed by atoms with Crippen molar-refractivity contribution in [2.24, 2.45) is 0 Å². The van der Waals surface area contributed by atoms with Crippen molar-refractivity contribution in [1.29, 1.82) is 0 Å². The van der Waals surface area contributed by atoms with Crippen molar-refractivity contribution in [2.75, 3.05) is 0 Å². The van der Waals surface area contributed by atoms with Crippen LogP contribution in [0.4, 0.5) is 13.2 Å². The molecule has 0 aromatic heterocycles. The van der Waals surface area contributed by atoms with Crippen LogP contribution in [0.25, 0.3) is 0 Å². The molecule has 0 aliphatic carbocycles. The molecule has 0 amide bonds. The van der Waals surface area contributed by atoms with Crippen LogP contribution in [0.3, 0.4) is 0 Å². The summed E-state index contributed by atoms with van der Waals surface area (Å²) in [5.41, 5.74) is -4.84. The van der Waals surface area contributed by atoms with Gasteiger partial charge in [-0.3, -0.25) is 0 Å². The minimum atomic E-state index is -5.67. The fourth-order valence-corrected chi connectivity index (χ4v) is 1.95. The summed E-state index contributed by atoms with van der Waals surface area (Å²) < 4.78 is 63.1. The second kappa shape index (κ2) is 5.53. The van der Waals surface area contributed by atoms with Gasteiger partial charge in [-0.15, -0.1) is 12.3 Å². The SMILES string of the molecule is C#CCCc1cccc(C)c1OS(=O)(=O)C(F)(F)F. The lowest BCUT2D eigenvalue weighted by atomic mass is 10.1. The Hall–Kier alpha value is -1.68. The molecule has 3 nitrogen and oxygen atoms in total. The lowest BCUT2D eigenvalue weighted by molar-refractivity contribution is -0.0500. The molecule has 0 N–H and O–H groups in total. The number of alkyl halides is 3. The number of rotatable bonds is 4. The normalized spacial score (nSPS) is 11.9. The van der Waals surface area contributed by atoms with E-state index in [0.29, 0.717) is 11.1 Å². The molecule has 0 saturated carbocycles. The molecule has 0 aliphatic heterocycles. The predicted octanol–water partition coefficient (Wildman–Crippen LogP) is 2.79. The Balaban J connectivity index is 3.18. The molecule has 19 heavy (non-hydrogen) atoms. The average Bonchev–Trinajstić information content (AvgIpc) is 2.28. The minimum absolute atomic E-state index is 0.237. The Morgan fingerprint density at radius 1 is 1.37 bits per heavy atom. The monoisotopic (exact) mass is 292 g/mol. The maximum atomic E-state index is 12.3. The molecule has 0 unspecified atom stereocenters. The summed E-state index contributed by atoms with van der Waals surface area (Å²) in [6.45, 7) is 1.46. The van der Waals surface area contributed by atoms with Crippen LogP contribution in [0.1, 0.15) is 17.5 Å². The van der Waals surface area contributed by atoms with Gasteiger partial charge in [-0.25, -0.2) is 0 Å². The quantitative estimate of drug-likeness (QED) is 0.487. The van der Waals surface area contributed by atoms with Crippen LogP contribution in [0.5, 0.6) is 5.75 Å². The van der Waals surface area contributed by atoms with Gasteiger partial charge in [0.1, 0.15) is 5.75 Å². The molecule has 0 spiro atoms. The van der Waals surface area contributed by atoms with Crippen LogP contribution in [-0.2, 0) is 16.5 Å². The summed E-state index contributed by atoms with van der Waals surface area (Å²) in [4.78, 5) is 0. The molecule has 104 valence electrons. The van der Waals surface area contributed by atoms with Crippen LogP contribution >= 0.6 is 0 Å². The highest BCUT2D eigenvalue weighted by atomic mass is 32.2. The number of halogens is 3. The zero-order valence-electron chi connectivity index (χ0n) is 9.99. The van der Waals surface area contributed by atoms with E-state index in [9.17, 15) is 21.6 Å². The second-order valence-electron chi connectivity index (χ2n) is 3.75. The first kappa shape index (κ1) is 15.4. The number of benzene rings is 1.